The van der Waals surface area contributed by atoms with Gasteiger partial charge in [0.05, 0.1) is 38.8 Å². The Balaban J connectivity index is 1.34. The maximum atomic E-state index is 2.48. The first kappa shape index (κ1) is 24.4. The van der Waals surface area contributed by atoms with Crippen LogP contribution in [0.5, 0.6) is 0 Å². The predicted octanol–water partition coefficient (Wildman–Crippen LogP) is 11.0. The van der Waals surface area contributed by atoms with Gasteiger partial charge in [0.2, 0.25) is 0 Å². The lowest BCUT2D eigenvalue weighted by molar-refractivity contribution is 1.16. The summed E-state index contributed by atoms with van der Waals surface area (Å²) in [4.78, 5) is 0. The highest BCUT2D eigenvalue weighted by Gasteiger charge is 2.20. The number of aromatic nitrogens is 3. The van der Waals surface area contributed by atoms with Crippen LogP contribution in [0.3, 0.4) is 0 Å². The maximum absolute atomic E-state index is 2.48. The molecule has 0 aliphatic heterocycles. The van der Waals surface area contributed by atoms with Crippen molar-refractivity contribution in [2.24, 2.45) is 0 Å². The van der Waals surface area contributed by atoms with Gasteiger partial charge in [-0.1, -0.05) is 103 Å². The molecule has 210 valence electrons. The fourth-order valence-electron chi connectivity index (χ4n) is 7.60. The van der Waals surface area contributed by atoms with E-state index in [1.807, 2.05) is 0 Å². The van der Waals surface area contributed by atoms with Crippen molar-refractivity contribution in [3.8, 4) is 17.1 Å². The fraction of sp³-hybridized carbons (Fsp3) is 0. The van der Waals surface area contributed by atoms with Crippen molar-refractivity contribution >= 4 is 65.4 Å². The average Bonchev–Trinajstić information content (AvgIpc) is 3.74. The van der Waals surface area contributed by atoms with E-state index in [1.54, 1.807) is 0 Å². The van der Waals surface area contributed by atoms with Crippen LogP contribution < -0.4 is 0 Å². The Hall–Kier alpha value is -6.06. The topological polar surface area (TPSA) is 14.8 Å². The van der Waals surface area contributed by atoms with Crippen LogP contribution in [0.1, 0.15) is 0 Å². The van der Waals surface area contributed by atoms with Gasteiger partial charge in [-0.15, -0.1) is 0 Å². The van der Waals surface area contributed by atoms with E-state index in [4.69, 9.17) is 0 Å². The molecule has 0 atom stereocenters. The Morgan fingerprint density at radius 2 is 0.733 bits per heavy atom. The molecule has 10 aromatic rings. The Morgan fingerprint density at radius 3 is 1.38 bits per heavy atom. The second kappa shape index (κ2) is 9.22. The molecule has 0 aliphatic carbocycles. The first-order valence-electron chi connectivity index (χ1n) is 15.5. The van der Waals surface area contributed by atoms with E-state index in [0.717, 1.165) is 11.4 Å². The molecule has 3 nitrogen and oxygen atoms in total. The van der Waals surface area contributed by atoms with Crippen LogP contribution in [0.2, 0.25) is 0 Å². The number of nitrogens with zero attached hydrogens (tertiary/aromatic N) is 3. The average molecular weight is 574 g/mol. The number of rotatable bonds is 3. The third-order valence-corrected chi connectivity index (χ3v) is 9.43. The Labute approximate surface area is 259 Å². The monoisotopic (exact) mass is 573 g/mol. The minimum atomic E-state index is 1.16. The molecule has 3 heteroatoms. The summed E-state index contributed by atoms with van der Waals surface area (Å²) >= 11 is 0. The first-order valence-corrected chi connectivity index (χ1v) is 15.5. The van der Waals surface area contributed by atoms with Gasteiger partial charge in [0.1, 0.15) is 0 Å². The molecule has 3 heterocycles. The van der Waals surface area contributed by atoms with Gasteiger partial charge in [0, 0.05) is 43.7 Å². The van der Waals surface area contributed by atoms with Crippen LogP contribution in [-0.2, 0) is 0 Å². The molecule has 0 unspecified atom stereocenters. The molecule has 7 aromatic carbocycles. The van der Waals surface area contributed by atoms with Crippen LogP contribution in [0.25, 0.3) is 82.5 Å². The van der Waals surface area contributed by atoms with Crippen molar-refractivity contribution in [1.29, 1.82) is 0 Å². The summed E-state index contributed by atoms with van der Waals surface area (Å²) in [6.07, 6.45) is 0. The minimum absolute atomic E-state index is 1.16. The summed E-state index contributed by atoms with van der Waals surface area (Å²) in [5.41, 5.74) is 10.7. The summed E-state index contributed by atoms with van der Waals surface area (Å²) in [7, 11) is 0. The second-order valence-corrected chi connectivity index (χ2v) is 11.8. The molecular formula is C42H27N3. The first-order chi connectivity index (χ1) is 22.4. The lowest BCUT2D eigenvalue weighted by atomic mass is 10.1. The highest BCUT2D eigenvalue weighted by atomic mass is 15.0. The number of para-hydroxylation sites is 5. The molecule has 0 saturated carbocycles. The summed E-state index contributed by atoms with van der Waals surface area (Å²) in [5.74, 6) is 0. The van der Waals surface area contributed by atoms with Gasteiger partial charge in [0.15, 0.2) is 0 Å². The van der Waals surface area contributed by atoms with Crippen molar-refractivity contribution in [3.63, 3.8) is 0 Å². The van der Waals surface area contributed by atoms with E-state index in [0.29, 0.717) is 0 Å². The zero-order chi connectivity index (χ0) is 29.5. The van der Waals surface area contributed by atoms with Crippen LogP contribution >= 0.6 is 0 Å². The standard InChI is InChI=1S/C42H27N3/c1-2-13-28(14-3-1)43-38-22-11-7-18-34(38)42-39(43)23-12-24-40(42)45-37-21-10-6-17-32(37)33-26-25-29(27-41(33)45)44-35-19-8-4-15-30(35)31-16-5-9-20-36(31)44/h1-27H. The summed E-state index contributed by atoms with van der Waals surface area (Å²) in [6.45, 7) is 0. The maximum Gasteiger partial charge on any atom is 0.0562 e. The predicted molar refractivity (Wildman–Crippen MR) is 189 cm³/mol. The fourth-order valence-corrected chi connectivity index (χ4v) is 7.60. The van der Waals surface area contributed by atoms with Crippen LogP contribution in [0.15, 0.2) is 164 Å². The smallest absolute Gasteiger partial charge is 0.0562 e. The SMILES string of the molecule is c1ccc(-n2c3ccccc3c3c(-n4c5ccccc5c5ccc(-n6c7ccccc7c7ccccc76)cc54)cccc32)cc1. The van der Waals surface area contributed by atoms with Gasteiger partial charge in [-0.2, -0.15) is 0 Å². The minimum Gasteiger partial charge on any atom is -0.309 e. The number of hydrogen-bond donors (Lipinski definition) is 0. The van der Waals surface area contributed by atoms with Crippen LogP contribution in [-0.4, -0.2) is 13.7 Å². The van der Waals surface area contributed by atoms with E-state index < -0.39 is 0 Å². The molecule has 3 aromatic heterocycles. The molecule has 0 saturated heterocycles. The Morgan fingerprint density at radius 1 is 0.267 bits per heavy atom. The van der Waals surface area contributed by atoms with Gasteiger partial charge < -0.3 is 13.7 Å². The molecule has 0 amide bonds. The normalized spacial score (nSPS) is 12.0. The van der Waals surface area contributed by atoms with E-state index in [2.05, 4.69) is 177 Å². The van der Waals surface area contributed by atoms with E-state index in [9.17, 15) is 0 Å². The summed E-state index contributed by atoms with van der Waals surface area (Å²) in [5, 5.41) is 7.54. The van der Waals surface area contributed by atoms with Crippen LogP contribution in [0, 0.1) is 0 Å². The number of fused-ring (bicyclic) bond motifs is 9. The Kier molecular flexibility index (Phi) is 5.00. The summed E-state index contributed by atoms with van der Waals surface area (Å²) in [6, 6.07) is 59.4. The van der Waals surface area contributed by atoms with Gasteiger partial charge in [-0.25, -0.2) is 0 Å². The molecule has 10 rings (SSSR count). The van der Waals surface area contributed by atoms with Crippen molar-refractivity contribution in [2.75, 3.05) is 0 Å². The highest BCUT2D eigenvalue weighted by Crippen LogP contribution is 2.41. The van der Waals surface area contributed by atoms with Crippen molar-refractivity contribution in [2.45, 2.75) is 0 Å². The van der Waals surface area contributed by atoms with Crippen molar-refractivity contribution in [1.82, 2.24) is 13.7 Å². The quantitative estimate of drug-likeness (QED) is 0.200. The molecule has 0 radical (unpaired) electrons. The zero-order valence-electron chi connectivity index (χ0n) is 24.4. The van der Waals surface area contributed by atoms with Gasteiger partial charge >= 0.3 is 0 Å². The summed E-state index contributed by atoms with van der Waals surface area (Å²) < 4.78 is 7.28. The van der Waals surface area contributed by atoms with E-state index in [-0.39, 0.29) is 0 Å². The van der Waals surface area contributed by atoms with Gasteiger partial charge in [0.25, 0.3) is 0 Å². The lowest BCUT2D eigenvalue weighted by Gasteiger charge is -2.13. The largest absolute Gasteiger partial charge is 0.309 e. The molecule has 45 heavy (non-hydrogen) atoms. The third-order valence-electron chi connectivity index (χ3n) is 9.43. The molecular weight excluding hydrogens is 546 g/mol. The van der Waals surface area contributed by atoms with E-state index in [1.165, 1.54) is 71.1 Å². The zero-order valence-corrected chi connectivity index (χ0v) is 24.4. The Bertz CT molecular complexity index is 2700. The molecule has 0 bridgehead atoms. The lowest BCUT2D eigenvalue weighted by Crippen LogP contribution is -1.98. The van der Waals surface area contributed by atoms with Gasteiger partial charge in [-0.3, -0.25) is 0 Å². The van der Waals surface area contributed by atoms with Crippen LogP contribution in [0.4, 0.5) is 0 Å². The van der Waals surface area contributed by atoms with Crippen molar-refractivity contribution < 1.29 is 0 Å². The number of hydrogen-bond acceptors (Lipinski definition) is 0. The van der Waals surface area contributed by atoms with Gasteiger partial charge in [-0.05, 0) is 60.7 Å². The highest BCUT2D eigenvalue weighted by molar-refractivity contribution is 6.17. The van der Waals surface area contributed by atoms with E-state index >= 15 is 0 Å². The molecule has 0 N–H and O–H groups in total. The van der Waals surface area contributed by atoms with Crippen molar-refractivity contribution in [3.05, 3.63) is 164 Å². The number of benzene rings is 7. The molecule has 0 fully saturated rings. The molecule has 0 spiro atoms. The third kappa shape index (κ3) is 3.35. The second-order valence-electron chi connectivity index (χ2n) is 11.8. The molecule has 0 aliphatic rings.